The fourth-order valence-electron chi connectivity index (χ4n) is 1.42. The number of rotatable bonds is 1. The van der Waals surface area contributed by atoms with E-state index in [0.29, 0.717) is 11.3 Å². The molecule has 5 heteroatoms. The minimum absolute atomic E-state index is 0.0405. The zero-order valence-electron chi connectivity index (χ0n) is 7.34. The molecule has 0 aliphatic carbocycles. The summed E-state index contributed by atoms with van der Waals surface area (Å²) in [7, 11) is 0. The van der Waals surface area contributed by atoms with Gasteiger partial charge in [0, 0.05) is 10.7 Å². The van der Waals surface area contributed by atoms with Crippen LogP contribution in [-0.4, -0.2) is 9.38 Å². The lowest BCUT2D eigenvalue weighted by Gasteiger charge is -2.01. The Hall–Kier alpha value is -0.970. The molecule has 0 atom stereocenters. The standard InChI is InChI=1S/C9H7BrF2N2/c1-5-8(9(11)12)14-4-6(10)2-3-7(14)13-5/h2-4,9H,1H3. The SMILES string of the molecule is Cc1nc2ccc(Br)cn2c1C(F)F. The maximum absolute atomic E-state index is 12.6. The Morgan fingerprint density at radius 2 is 2.14 bits per heavy atom. The number of fused-ring (bicyclic) bond motifs is 1. The molecule has 2 rings (SSSR count). The normalized spacial score (nSPS) is 11.5. The van der Waals surface area contributed by atoms with E-state index in [1.54, 1.807) is 25.3 Å². The first-order chi connectivity index (χ1) is 6.59. The van der Waals surface area contributed by atoms with Gasteiger partial charge in [0.15, 0.2) is 0 Å². The van der Waals surface area contributed by atoms with E-state index in [0.717, 1.165) is 4.47 Å². The van der Waals surface area contributed by atoms with Gasteiger partial charge >= 0.3 is 0 Å². The fourth-order valence-corrected chi connectivity index (χ4v) is 1.75. The average Bonchev–Trinajstić information content (AvgIpc) is 2.40. The molecule has 0 aliphatic rings. The maximum Gasteiger partial charge on any atom is 0.280 e. The monoisotopic (exact) mass is 260 g/mol. The molecule has 2 heterocycles. The summed E-state index contributed by atoms with van der Waals surface area (Å²) in [5.74, 6) is 0. The molecular weight excluding hydrogens is 254 g/mol. The van der Waals surface area contributed by atoms with Gasteiger partial charge in [-0.2, -0.15) is 0 Å². The van der Waals surface area contributed by atoms with Gasteiger partial charge in [0.05, 0.1) is 5.69 Å². The van der Waals surface area contributed by atoms with Crippen LogP contribution in [0.2, 0.25) is 0 Å². The molecule has 2 nitrogen and oxygen atoms in total. The minimum Gasteiger partial charge on any atom is -0.297 e. The molecule has 0 aliphatic heterocycles. The molecule has 0 bridgehead atoms. The van der Waals surface area contributed by atoms with Crippen molar-refractivity contribution in [1.82, 2.24) is 9.38 Å². The van der Waals surface area contributed by atoms with Gasteiger partial charge in [0.25, 0.3) is 6.43 Å². The van der Waals surface area contributed by atoms with Gasteiger partial charge in [-0.15, -0.1) is 0 Å². The third-order valence-corrected chi connectivity index (χ3v) is 2.48. The second-order valence-electron chi connectivity index (χ2n) is 2.96. The lowest BCUT2D eigenvalue weighted by atomic mass is 10.3. The molecule has 74 valence electrons. The molecule has 0 saturated heterocycles. The Balaban J connectivity index is 2.79. The van der Waals surface area contributed by atoms with Gasteiger partial charge in [0.1, 0.15) is 11.3 Å². The van der Waals surface area contributed by atoms with Gasteiger partial charge in [-0.05, 0) is 35.0 Å². The fraction of sp³-hybridized carbons (Fsp3) is 0.222. The summed E-state index contributed by atoms with van der Waals surface area (Å²) in [6, 6.07) is 3.47. The number of hydrogen-bond donors (Lipinski definition) is 0. The number of pyridine rings is 1. The molecular formula is C9H7BrF2N2. The lowest BCUT2D eigenvalue weighted by Crippen LogP contribution is -1.94. The number of aromatic nitrogens is 2. The van der Waals surface area contributed by atoms with Crippen molar-refractivity contribution in [2.24, 2.45) is 0 Å². The highest BCUT2D eigenvalue weighted by Crippen LogP contribution is 2.25. The molecule has 0 spiro atoms. The summed E-state index contributed by atoms with van der Waals surface area (Å²) in [5, 5.41) is 0. The summed E-state index contributed by atoms with van der Waals surface area (Å²) in [5.41, 5.74) is 0.875. The summed E-state index contributed by atoms with van der Waals surface area (Å²) in [4.78, 5) is 4.04. The first-order valence-corrected chi connectivity index (χ1v) is 4.81. The molecule has 0 fully saturated rings. The molecule has 0 amide bonds. The third-order valence-electron chi connectivity index (χ3n) is 2.01. The van der Waals surface area contributed by atoms with Gasteiger partial charge < -0.3 is 0 Å². The first kappa shape index (κ1) is 9.58. The quantitative estimate of drug-likeness (QED) is 0.769. The van der Waals surface area contributed by atoms with Crippen molar-refractivity contribution in [2.75, 3.05) is 0 Å². The third kappa shape index (κ3) is 1.41. The summed E-state index contributed by atoms with van der Waals surface area (Å²) in [6.07, 6.45) is -0.907. The van der Waals surface area contributed by atoms with Crippen LogP contribution in [-0.2, 0) is 0 Å². The number of imidazole rings is 1. The predicted molar refractivity (Wildman–Crippen MR) is 52.6 cm³/mol. The Bertz CT molecular complexity index is 479. The smallest absolute Gasteiger partial charge is 0.280 e. The van der Waals surface area contributed by atoms with Crippen molar-refractivity contribution >= 4 is 21.6 Å². The summed E-state index contributed by atoms with van der Waals surface area (Å²) >= 11 is 3.23. The van der Waals surface area contributed by atoms with Crippen LogP contribution in [0.5, 0.6) is 0 Å². The second-order valence-corrected chi connectivity index (χ2v) is 3.87. The predicted octanol–water partition coefficient (Wildman–Crippen LogP) is 3.34. The van der Waals surface area contributed by atoms with E-state index >= 15 is 0 Å². The molecule has 14 heavy (non-hydrogen) atoms. The number of aryl methyl sites for hydroxylation is 1. The van der Waals surface area contributed by atoms with Crippen molar-refractivity contribution in [3.63, 3.8) is 0 Å². The number of alkyl halides is 2. The zero-order valence-corrected chi connectivity index (χ0v) is 8.92. The van der Waals surface area contributed by atoms with Crippen LogP contribution >= 0.6 is 15.9 Å². The van der Waals surface area contributed by atoms with Gasteiger partial charge in [0.2, 0.25) is 0 Å². The van der Waals surface area contributed by atoms with E-state index in [9.17, 15) is 8.78 Å². The zero-order chi connectivity index (χ0) is 10.3. The topological polar surface area (TPSA) is 17.3 Å². The highest BCUT2D eigenvalue weighted by Gasteiger charge is 2.17. The van der Waals surface area contributed by atoms with E-state index in [1.807, 2.05) is 0 Å². The Morgan fingerprint density at radius 1 is 1.43 bits per heavy atom. The second kappa shape index (κ2) is 3.31. The van der Waals surface area contributed by atoms with Crippen molar-refractivity contribution < 1.29 is 8.78 Å². The minimum atomic E-state index is -2.50. The van der Waals surface area contributed by atoms with E-state index in [1.165, 1.54) is 4.40 Å². The van der Waals surface area contributed by atoms with Gasteiger partial charge in [-0.25, -0.2) is 13.8 Å². The Kier molecular flexibility index (Phi) is 2.26. The largest absolute Gasteiger partial charge is 0.297 e. The van der Waals surface area contributed by atoms with Crippen LogP contribution in [0.15, 0.2) is 22.8 Å². The van der Waals surface area contributed by atoms with E-state index in [-0.39, 0.29) is 5.69 Å². The number of nitrogens with zero attached hydrogens (tertiary/aromatic N) is 2. The van der Waals surface area contributed by atoms with Crippen molar-refractivity contribution in [3.05, 3.63) is 34.2 Å². The van der Waals surface area contributed by atoms with Crippen LogP contribution in [0.1, 0.15) is 17.8 Å². The van der Waals surface area contributed by atoms with Crippen LogP contribution in [0.4, 0.5) is 8.78 Å². The highest BCUT2D eigenvalue weighted by molar-refractivity contribution is 9.10. The maximum atomic E-state index is 12.6. The van der Waals surface area contributed by atoms with Gasteiger partial charge in [-0.1, -0.05) is 0 Å². The van der Waals surface area contributed by atoms with Crippen LogP contribution in [0.3, 0.4) is 0 Å². The van der Waals surface area contributed by atoms with Gasteiger partial charge in [-0.3, -0.25) is 4.40 Å². The highest BCUT2D eigenvalue weighted by atomic mass is 79.9. The number of halogens is 3. The number of hydrogen-bond acceptors (Lipinski definition) is 1. The molecule has 0 saturated carbocycles. The Labute approximate surface area is 87.7 Å². The first-order valence-electron chi connectivity index (χ1n) is 4.02. The van der Waals surface area contributed by atoms with Crippen molar-refractivity contribution in [3.8, 4) is 0 Å². The average molecular weight is 261 g/mol. The molecule has 2 aromatic rings. The van der Waals surface area contributed by atoms with Crippen molar-refractivity contribution in [2.45, 2.75) is 13.3 Å². The van der Waals surface area contributed by atoms with E-state index < -0.39 is 6.43 Å². The molecule has 0 radical (unpaired) electrons. The van der Waals surface area contributed by atoms with Crippen LogP contribution < -0.4 is 0 Å². The van der Waals surface area contributed by atoms with E-state index in [2.05, 4.69) is 20.9 Å². The summed E-state index contributed by atoms with van der Waals surface area (Å²) in [6.45, 7) is 1.59. The lowest BCUT2D eigenvalue weighted by molar-refractivity contribution is 0.144. The molecule has 2 aromatic heterocycles. The molecule has 0 aromatic carbocycles. The molecule has 0 unspecified atom stereocenters. The Morgan fingerprint density at radius 3 is 2.79 bits per heavy atom. The van der Waals surface area contributed by atoms with Crippen LogP contribution in [0, 0.1) is 6.92 Å². The van der Waals surface area contributed by atoms with Crippen LogP contribution in [0.25, 0.3) is 5.65 Å². The van der Waals surface area contributed by atoms with E-state index in [4.69, 9.17) is 0 Å². The molecule has 0 N–H and O–H groups in total. The van der Waals surface area contributed by atoms with Crippen molar-refractivity contribution in [1.29, 1.82) is 0 Å². The summed E-state index contributed by atoms with van der Waals surface area (Å²) < 4.78 is 27.5.